The Labute approximate surface area is 211 Å². The lowest BCUT2D eigenvalue weighted by molar-refractivity contribution is 0.0787. The number of nitrogen functional groups attached to an aromatic ring is 1. The third-order valence-electron chi connectivity index (χ3n) is 7.42. The Morgan fingerprint density at radius 2 is 2.03 bits per heavy atom. The second-order valence-electron chi connectivity index (χ2n) is 10.5. The number of hydrogen-bond donors (Lipinski definition) is 2. The van der Waals surface area contributed by atoms with Crippen LogP contribution in [0.15, 0.2) is 18.3 Å². The smallest absolute Gasteiger partial charge is 0.258 e. The Bertz CT molecular complexity index is 1210. The molecular formula is C26H32ClFN6O. The molecule has 2 atom stereocenters. The van der Waals surface area contributed by atoms with Gasteiger partial charge in [-0.15, -0.1) is 0 Å². The molecule has 1 fully saturated rings. The van der Waals surface area contributed by atoms with Gasteiger partial charge in [0, 0.05) is 54.1 Å². The van der Waals surface area contributed by atoms with Gasteiger partial charge in [0.1, 0.15) is 11.6 Å². The van der Waals surface area contributed by atoms with Crippen LogP contribution in [0.1, 0.15) is 48.5 Å². The van der Waals surface area contributed by atoms with Crippen LogP contribution in [0.2, 0.25) is 5.02 Å². The van der Waals surface area contributed by atoms with Gasteiger partial charge in [-0.3, -0.25) is 4.79 Å². The highest BCUT2D eigenvalue weighted by atomic mass is 35.5. The molecule has 0 bridgehead atoms. The average Bonchev–Trinajstić information content (AvgIpc) is 3.35. The summed E-state index contributed by atoms with van der Waals surface area (Å²) in [5.41, 5.74) is 6.67. The lowest BCUT2D eigenvalue weighted by Crippen LogP contribution is -2.31. The van der Waals surface area contributed by atoms with Crippen molar-refractivity contribution in [1.82, 2.24) is 14.8 Å². The number of aromatic nitrogens is 1. The minimum atomic E-state index is -0.702. The summed E-state index contributed by atoms with van der Waals surface area (Å²) < 4.78 is 15.9. The number of anilines is 2. The summed E-state index contributed by atoms with van der Waals surface area (Å²) in [6.45, 7) is 3.90. The molecule has 2 aliphatic rings. The third-order valence-corrected chi connectivity index (χ3v) is 7.81. The summed E-state index contributed by atoms with van der Waals surface area (Å²) in [7, 11) is 5.57. The highest BCUT2D eigenvalue weighted by Gasteiger charge is 2.52. The third kappa shape index (κ3) is 4.43. The molecule has 1 aliphatic heterocycles. The van der Waals surface area contributed by atoms with Crippen LogP contribution in [0.5, 0.6) is 0 Å². The lowest BCUT2D eigenvalue weighted by atomic mass is 9.77. The molecule has 1 saturated carbocycles. The van der Waals surface area contributed by atoms with Gasteiger partial charge in [0.15, 0.2) is 0 Å². The van der Waals surface area contributed by atoms with Crippen LogP contribution >= 0.6 is 11.6 Å². The van der Waals surface area contributed by atoms with Crippen molar-refractivity contribution in [2.24, 2.45) is 5.41 Å². The van der Waals surface area contributed by atoms with E-state index < -0.39 is 17.1 Å². The Balaban J connectivity index is 1.72. The molecule has 2 heterocycles. The Morgan fingerprint density at radius 3 is 2.69 bits per heavy atom. The van der Waals surface area contributed by atoms with Crippen molar-refractivity contribution < 1.29 is 9.18 Å². The SMILES string of the molecule is CN(C)CCCN(C)C(=O)c1c(N)ccc(-c2cnc3c(c2Cl)C2(CCC(C)(C#N)C2)CN3)c1F. The minimum Gasteiger partial charge on any atom is -0.398 e. The van der Waals surface area contributed by atoms with E-state index in [0.29, 0.717) is 35.9 Å². The topological polar surface area (TPSA) is 98.3 Å². The average molecular weight is 499 g/mol. The van der Waals surface area contributed by atoms with E-state index in [1.807, 2.05) is 25.9 Å². The Hall–Kier alpha value is -2.89. The monoisotopic (exact) mass is 498 g/mol. The predicted octanol–water partition coefficient (Wildman–Crippen LogP) is 4.52. The van der Waals surface area contributed by atoms with E-state index in [-0.39, 0.29) is 22.2 Å². The van der Waals surface area contributed by atoms with Gasteiger partial charge < -0.3 is 20.9 Å². The molecule has 1 aromatic carbocycles. The maximum atomic E-state index is 15.9. The predicted molar refractivity (Wildman–Crippen MR) is 137 cm³/mol. The standard InChI is InChI=1S/C26H32ClFN6O/c1-25(14-29)8-9-26(13-25)15-32-23-20(26)21(27)17(12-31-23)16-6-7-18(30)19(22(16)28)24(35)34(4)11-5-10-33(2)3/h6-7,12H,5,8-11,13,15,30H2,1-4H3,(H,31,32). The number of nitrogens with two attached hydrogens (primary N) is 1. The van der Waals surface area contributed by atoms with Crippen LogP contribution in [0.4, 0.5) is 15.9 Å². The molecule has 9 heteroatoms. The van der Waals surface area contributed by atoms with Crippen molar-refractivity contribution in [1.29, 1.82) is 5.26 Å². The summed E-state index contributed by atoms with van der Waals surface area (Å²) in [6, 6.07) is 5.53. The first-order valence-electron chi connectivity index (χ1n) is 11.8. The van der Waals surface area contributed by atoms with E-state index in [4.69, 9.17) is 17.3 Å². The molecule has 186 valence electrons. The summed E-state index contributed by atoms with van der Waals surface area (Å²) in [5.74, 6) is -0.496. The van der Waals surface area contributed by atoms with Gasteiger partial charge in [0.25, 0.3) is 5.91 Å². The number of pyridine rings is 1. The molecule has 2 aromatic rings. The number of nitriles is 1. The highest BCUT2D eigenvalue weighted by Crippen LogP contribution is 2.57. The van der Waals surface area contributed by atoms with Crippen LogP contribution in [0, 0.1) is 22.6 Å². The summed E-state index contributed by atoms with van der Waals surface area (Å²) >= 11 is 6.94. The van der Waals surface area contributed by atoms with Gasteiger partial charge in [-0.25, -0.2) is 9.37 Å². The number of carbonyl (C=O) groups is 1. The molecular weight excluding hydrogens is 467 g/mol. The van der Waals surface area contributed by atoms with Crippen molar-refractivity contribution in [3.63, 3.8) is 0 Å². The van der Waals surface area contributed by atoms with Gasteiger partial charge in [0.2, 0.25) is 0 Å². The van der Waals surface area contributed by atoms with Crippen molar-refractivity contribution in [2.45, 2.75) is 38.0 Å². The van der Waals surface area contributed by atoms with Crippen LogP contribution in [-0.2, 0) is 5.41 Å². The number of carbonyl (C=O) groups excluding carboxylic acids is 1. The van der Waals surface area contributed by atoms with Crippen molar-refractivity contribution in [3.05, 3.63) is 40.3 Å². The van der Waals surface area contributed by atoms with E-state index in [0.717, 1.165) is 31.4 Å². The molecule has 7 nitrogen and oxygen atoms in total. The quantitative estimate of drug-likeness (QED) is 0.568. The second kappa shape index (κ2) is 9.29. The van der Waals surface area contributed by atoms with Gasteiger partial charge in [-0.1, -0.05) is 11.6 Å². The number of halogens is 2. The van der Waals surface area contributed by atoms with Gasteiger partial charge in [0.05, 0.1) is 22.1 Å². The molecule has 2 unspecified atom stereocenters. The molecule has 0 saturated heterocycles. The number of amides is 1. The first-order valence-corrected chi connectivity index (χ1v) is 12.2. The van der Waals surface area contributed by atoms with E-state index in [1.165, 1.54) is 11.1 Å². The van der Waals surface area contributed by atoms with Gasteiger partial charge >= 0.3 is 0 Å². The zero-order chi connectivity index (χ0) is 25.5. The highest BCUT2D eigenvalue weighted by molar-refractivity contribution is 6.34. The molecule has 4 rings (SSSR count). The van der Waals surface area contributed by atoms with Gasteiger partial charge in [-0.05, 0) is 65.4 Å². The lowest BCUT2D eigenvalue weighted by Gasteiger charge is -2.26. The van der Waals surface area contributed by atoms with Crippen LogP contribution in [0.25, 0.3) is 11.1 Å². The van der Waals surface area contributed by atoms with E-state index in [2.05, 4.69) is 16.4 Å². The molecule has 3 N–H and O–H groups in total. The van der Waals surface area contributed by atoms with E-state index >= 15 is 4.39 Å². The van der Waals surface area contributed by atoms with Crippen molar-refractivity contribution in [3.8, 4) is 17.2 Å². The number of nitrogens with one attached hydrogen (secondary N) is 1. The molecule has 1 spiro atoms. The second-order valence-corrected chi connectivity index (χ2v) is 10.8. The largest absolute Gasteiger partial charge is 0.398 e. The molecule has 1 aromatic heterocycles. The van der Waals surface area contributed by atoms with Crippen LogP contribution < -0.4 is 11.1 Å². The number of hydrogen-bond acceptors (Lipinski definition) is 6. The number of rotatable bonds is 6. The summed E-state index contributed by atoms with van der Waals surface area (Å²) in [6.07, 6.45) is 4.52. The van der Waals surface area contributed by atoms with Crippen LogP contribution in [0.3, 0.4) is 0 Å². The fourth-order valence-electron chi connectivity index (χ4n) is 5.47. The maximum absolute atomic E-state index is 15.9. The number of nitrogens with zero attached hydrogens (tertiary/aromatic N) is 4. The van der Waals surface area contributed by atoms with Crippen molar-refractivity contribution in [2.75, 3.05) is 51.8 Å². The fraction of sp³-hybridized carbons (Fsp3) is 0.500. The molecule has 0 radical (unpaired) electrons. The summed E-state index contributed by atoms with van der Waals surface area (Å²) in [4.78, 5) is 21.2. The van der Waals surface area contributed by atoms with Crippen molar-refractivity contribution >= 4 is 29.0 Å². The summed E-state index contributed by atoms with van der Waals surface area (Å²) in [5, 5.41) is 13.4. The fourth-order valence-corrected chi connectivity index (χ4v) is 5.91. The number of benzene rings is 1. The Morgan fingerprint density at radius 1 is 1.29 bits per heavy atom. The normalized spacial score (nSPS) is 22.8. The molecule has 1 aliphatic carbocycles. The maximum Gasteiger partial charge on any atom is 0.258 e. The van der Waals surface area contributed by atoms with Gasteiger partial charge in [-0.2, -0.15) is 5.26 Å². The zero-order valence-electron chi connectivity index (χ0n) is 20.7. The van der Waals surface area contributed by atoms with Crippen LogP contribution in [-0.4, -0.2) is 61.5 Å². The Kier molecular flexibility index (Phi) is 6.69. The molecule has 35 heavy (non-hydrogen) atoms. The van der Waals surface area contributed by atoms with E-state index in [1.54, 1.807) is 19.2 Å². The zero-order valence-corrected chi connectivity index (χ0v) is 21.5. The first kappa shape index (κ1) is 25.2. The minimum absolute atomic E-state index is 0.0830. The van der Waals surface area contributed by atoms with E-state index in [9.17, 15) is 10.1 Å². The number of fused-ring (bicyclic) bond motifs is 2. The molecule has 1 amide bonds. The first-order chi connectivity index (χ1) is 16.5.